The van der Waals surface area contributed by atoms with E-state index in [0.717, 1.165) is 54.3 Å². The highest BCUT2D eigenvalue weighted by atomic mass is 16.1. The molecule has 0 heterocycles. The summed E-state index contributed by atoms with van der Waals surface area (Å²) in [6.07, 6.45) is 17.0. The molecule has 0 bridgehead atoms. The molecule has 4 unspecified atom stereocenters. The Kier molecular flexibility index (Phi) is 5.06. The standard InChI is InChI=1S/C24H40O/c1-16(7-8-17(2)25)19-11-12-21-20(19)13-14-23-22(21)10-9-18-6-4-5-15-24(18,23)3/h16,18-23H,4-15H2,1-3H3/t16-,18?,19?,20?,21?,22+,23+,24+/m1/s1. The lowest BCUT2D eigenvalue weighted by Crippen LogP contribution is -2.50. The second kappa shape index (κ2) is 7.01. The van der Waals surface area contributed by atoms with Crippen LogP contribution in [0.15, 0.2) is 0 Å². The molecule has 0 saturated heterocycles. The highest BCUT2D eigenvalue weighted by molar-refractivity contribution is 5.75. The molecule has 8 atom stereocenters. The number of hydrogen-bond donors (Lipinski definition) is 0. The van der Waals surface area contributed by atoms with Gasteiger partial charge < -0.3 is 4.79 Å². The molecule has 0 spiro atoms. The van der Waals surface area contributed by atoms with E-state index in [9.17, 15) is 4.79 Å². The molecule has 0 amide bonds. The number of fused-ring (bicyclic) bond motifs is 5. The molecule has 4 rings (SSSR count). The third kappa shape index (κ3) is 3.12. The van der Waals surface area contributed by atoms with E-state index in [1.807, 2.05) is 0 Å². The summed E-state index contributed by atoms with van der Waals surface area (Å²) in [5.41, 5.74) is 0.685. The second-order valence-corrected chi connectivity index (χ2v) is 10.7. The van der Waals surface area contributed by atoms with Crippen LogP contribution in [0.25, 0.3) is 0 Å². The zero-order valence-electron chi connectivity index (χ0n) is 16.9. The quantitative estimate of drug-likeness (QED) is 0.558. The summed E-state index contributed by atoms with van der Waals surface area (Å²) in [5.74, 6) is 7.22. The van der Waals surface area contributed by atoms with Gasteiger partial charge in [-0.2, -0.15) is 0 Å². The summed E-state index contributed by atoms with van der Waals surface area (Å²) < 4.78 is 0. The van der Waals surface area contributed by atoms with Crippen LogP contribution in [0.5, 0.6) is 0 Å². The van der Waals surface area contributed by atoms with E-state index in [-0.39, 0.29) is 0 Å². The van der Waals surface area contributed by atoms with Gasteiger partial charge in [0.15, 0.2) is 0 Å². The van der Waals surface area contributed by atoms with Crippen molar-refractivity contribution < 1.29 is 4.79 Å². The largest absolute Gasteiger partial charge is 0.300 e. The van der Waals surface area contributed by atoms with Crippen molar-refractivity contribution in [3.8, 4) is 0 Å². The Bertz CT molecular complexity index is 496. The van der Waals surface area contributed by atoms with Crippen molar-refractivity contribution >= 4 is 5.78 Å². The van der Waals surface area contributed by atoms with E-state index in [1.165, 1.54) is 57.8 Å². The molecule has 25 heavy (non-hydrogen) atoms. The lowest BCUT2D eigenvalue weighted by atomic mass is 9.47. The Morgan fingerprint density at radius 1 is 0.960 bits per heavy atom. The topological polar surface area (TPSA) is 17.1 Å². The molecule has 0 aromatic heterocycles. The van der Waals surface area contributed by atoms with Gasteiger partial charge in [0.1, 0.15) is 5.78 Å². The average Bonchev–Trinajstić information content (AvgIpc) is 3.03. The molecule has 1 nitrogen and oxygen atoms in total. The van der Waals surface area contributed by atoms with Crippen LogP contribution in [0, 0.1) is 46.8 Å². The van der Waals surface area contributed by atoms with E-state index in [0.29, 0.717) is 11.2 Å². The summed E-state index contributed by atoms with van der Waals surface area (Å²) in [6.45, 7) is 6.90. The molecule has 4 fully saturated rings. The van der Waals surface area contributed by atoms with Crippen molar-refractivity contribution in [1.29, 1.82) is 0 Å². The second-order valence-electron chi connectivity index (χ2n) is 10.7. The van der Waals surface area contributed by atoms with Crippen molar-refractivity contribution in [3.05, 3.63) is 0 Å². The third-order valence-electron chi connectivity index (χ3n) is 9.64. The molecular weight excluding hydrogens is 304 g/mol. The van der Waals surface area contributed by atoms with Crippen LogP contribution in [-0.4, -0.2) is 5.78 Å². The Balaban J connectivity index is 1.46. The van der Waals surface area contributed by atoms with Gasteiger partial charge in [-0.25, -0.2) is 0 Å². The monoisotopic (exact) mass is 344 g/mol. The summed E-state index contributed by atoms with van der Waals surface area (Å²) in [5, 5.41) is 0. The highest BCUT2D eigenvalue weighted by Crippen LogP contribution is 2.64. The number of hydrogen-bond acceptors (Lipinski definition) is 1. The predicted molar refractivity (Wildman–Crippen MR) is 104 cm³/mol. The lowest BCUT2D eigenvalue weighted by Gasteiger charge is -2.58. The van der Waals surface area contributed by atoms with Crippen LogP contribution in [-0.2, 0) is 4.79 Å². The van der Waals surface area contributed by atoms with Gasteiger partial charge in [-0.05, 0) is 112 Å². The fourth-order valence-electron chi connectivity index (χ4n) is 8.35. The minimum atomic E-state index is 0.383. The summed E-state index contributed by atoms with van der Waals surface area (Å²) in [6, 6.07) is 0. The first-order valence-electron chi connectivity index (χ1n) is 11.5. The molecule has 1 heteroatoms. The fourth-order valence-corrected chi connectivity index (χ4v) is 8.35. The summed E-state index contributed by atoms with van der Waals surface area (Å²) in [4.78, 5) is 11.4. The number of carbonyl (C=O) groups excluding carboxylic acids is 1. The zero-order valence-corrected chi connectivity index (χ0v) is 16.9. The van der Waals surface area contributed by atoms with Gasteiger partial charge in [0.25, 0.3) is 0 Å². The van der Waals surface area contributed by atoms with Gasteiger partial charge in [0.2, 0.25) is 0 Å². The van der Waals surface area contributed by atoms with Gasteiger partial charge in [-0.1, -0.05) is 26.7 Å². The van der Waals surface area contributed by atoms with Gasteiger partial charge in [0.05, 0.1) is 0 Å². The maximum Gasteiger partial charge on any atom is 0.129 e. The molecule has 0 aromatic carbocycles. The number of carbonyl (C=O) groups is 1. The third-order valence-corrected chi connectivity index (χ3v) is 9.64. The van der Waals surface area contributed by atoms with Crippen LogP contribution >= 0.6 is 0 Å². The van der Waals surface area contributed by atoms with Crippen molar-refractivity contribution in [3.63, 3.8) is 0 Å². The van der Waals surface area contributed by atoms with E-state index < -0.39 is 0 Å². The van der Waals surface area contributed by atoms with E-state index in [1.54, 1.807) is 13.3 Å². The van der Waals surface area contributed by atoms with Crippen LogP contribution in [0.2, 0.25) is 0 Å². The molecular formula is C24H40O. The van der Waals surface area contributed by atoms with Crippen molar-refractivity contribution in [2.24, 2.45) is 46.8 Å². The number of Topliss-reactive ketones (excluding diaryl/α,β-unsaturated/α-hetero) is 1. The molecule has 4 aliphatic carbocycles. The highest BCUT2D eigenvalue weighted by Gasteiger charge is 2.55. The van der Waals surface area contributed by atoms with Gasteiger partial charge in [0, 0.05) is 6.42 Å². The molecule has 0 N–H and O–H groups in total. The summed E-state index contributed by atoms with van der Waals surface area (Å²) in [7, 11) is 0. The van der Waals surface area contributed by atoms with Gasteiger partial charge in [-0.15, -0.1) is 0 Å². The molecule has 0 aliphatic heterocycles. The minimum absolute atomic E-state index is 0.383. The fraction of sp³-hybridized carbons (Fsp3) is 0.958. The molecule has 4 saturated carbocycles. The predicted octanol–water partition coefficient (Wildman–Crippen LogP) is 6.65. The average molecular weight is 345 g/mol. The first-order valence-corrected chi connectivity index (χ1v) is 11.5. The molecule has 0 radical (unpaired) electrons. The first-order chi connectivity index (χ1) is 12.0. The minimum Gasteiger partial charge on any atom is -0.300 e. The van der Waals surface area contributed by atoms with Gasteiger partial charge in [-0.3, -0.25) is 0 Å². The van der Waals surface area contributed by atoms with Crippen LogP contribution in [0.4, 0.5) is 0 Å². The van der Waals surface area contributed by atoms with Gasteiger partial charge >= 0.3 is 0 Å². The van der Waals surface area contributed by atoms with Crippen LogP contribution in [0.3, 0.4) is 0 Å². The molecule has 4 aliphatic rings. The Labute approximate surface area is 155 Å². The van der Waals surface area contributed by atoms with Crippen LogP contribution in [0.1, 0.15) is 97.8 Å². The normalized spacial score (nSPS) is 47.5. The SMILES string of the molecule is CC(=O)CC[C@@H](C)C1CCC2C1CC[C@H]1[C@H]2CCC2CCCC[C@@]21C. The maximum atomic E-state index is 11.4. The number of ketones is 1. The van der Waals surface area contributed by atoms with Crippen LogP contribution < -0.4 is 0 Å². The Morgan fingerprint density at radius 2 is 1.72 bits per heavy atom. The Hall–Kier alpha value is -0.330. The smallest absolute Gasteiger partial charge is 0.129 e. The van der Waals surface area contributed by atoms with Crippen molar-refractivity contribution in [2.75, 3.05) is 0 Å². The van der Waals surface area contributed by atoms with Crippen molar-refractivity contribution in [2.45, 2.75) is 97.8 Å². The summed E-state index contributed by atoms with van der Waals surface area (Å²) >= 11 is 0. The van der Waals surface area contributed by atoms with E-state index in [4.69, 9.17) is 0 Å². The Morgan fingerprint density at radius 3 is 2.52 bits per heavy atom. The van der Waals surface area contributed by atoms with Crippen molar-refractivity contribution in [1.82, 2.24) is 0 Å². The van der Waals surface area contributed by atoms with E-state index >= 15 is 0 Å². The zero-order chi connectivity index (χ0) is 17.6. The lowest BCUT2D eigenvalue weighted by molar-refractivity contribution is -0.117. The number of rotatable bonds is 4. The molecule has 0 aromatic rings. The maximum absolute atomic E-state index is 11.4. The molecule has 142 valence electrons. The first kappa shape index (κ1) is 18.1. The van der Waals surface area contributed by atoms with E-state index in [2.05, 4.69) is 13.8 Å².